The van der Waals surface area contributed by atoms with Gasteiger partial charge in [-0.1, -0.05) is 26.0 Å². The second kappa shape index (κ2) is 10.3. The fourth-order valence-corrected chi connectivity index (χ4v) is 4.53. The molecule has 0 saturated heterocycles. The number of likely N-dealkylation sites (N-methyl/N-ethyl adjacent to an activating group) is 1. The number of hydrogen-bond acceptors (Lipinski definition) is 6. The van der Waals surface area contributed by atoms with Gasteiger partial charge in [0.1, 0.15) is 17.1 Å². The lowest BCUT2D eigenvalue weighted by atomic mass is 9.98. The van der Waals surface area contributed by atoms with E-state index in [1.165, 1.54) is 0 Å². The first-order valence-corrected chi connectivity index (χ1v) is 12.0. The van der Waals surface area contributed by atoms with Gasteiger partial charge in [-0.25, -0.2) is 0 Å². The van der Waals surface area contributed by atoms with Gasteiger partial charge in [-0.15, -0.1) is 0 Å². The molecule has 7 heteroatoms. The molecule has 1 aliphatic heterocycles. The van der Waals surface area contributed by atoms with E-state index in [9.17, 15) is 9.59 Å². The molecule has 1 aromatic heterocycles. The average Bonchev–Trinajstić information content (AvgIpc) is 3.12. The standard InChI is InChI=1S/C27H32N2O5/c1-5-28(6-2)15-16-29-24(18-9-11-19(12-10-18)32-7-3)23-25(30)21-14-13-20(33-8-4)17-22(21)34-26(23)27(29)31/h9-14,17,24H,5-8,15-16H2,1-4H3. The van der Waals surface area contributed by atoms with E-state index in [1.807, 2.05) is 38.1 Å². The van der Waals surface area contributed by atoms with Gasteiger partial charge in [0.25, 0.3) is 5.91 Å². The van der Waals surface area contributed by atoms with Crippen LogP contribution in [0.4, 0.5) is 0 Å². The molecule has 0 radical (unpaired) electrons. The molecular formula is C27H32N2O5. The van der Waals surface area contributed by atoms with Gasteiger partial charge in [0.15, 0.2) is 5.43 Å². The normalized spacial score (nSPS) is 15.3. The lowest BCUT2D eigenvalue weighted by molar-refractivity contribution is 0.0708. The van der Waals surface area contributed by atoms with Gasteiger partial charge in [0, 0.05) is 19.2 Å². The van der Waals surface area contributed by atoms with Crippen molar-refractivity contribution < 1.29 is 18.7 Å². The van der Waals surface area contributed by atoms with Crippen LogP contribution in [-0.4, -0.2) is 55.1 Å². The van der Waals surface area contributed by atoms with Crippen LogP contribution in [0.2, 0.25) is 0 Å². The summed E-state index contributed by atoms with van der Waals surface area (Å²) in [5.41, 5.74) is 1.43. The third-order valence-electron chi connectivity index (χ3n) is 6.31. The number of rotatable bonds is 10. The van der Waals surface area contributed by atoms with Gasteiger partial charge >= 0.3 is 0 Å². The maximum absolute atomic E-state index is 13.7. The van der Waals surface area contributed by atoms with Crippen molar-refractivity contribution in [1.29, 1.82) is 0 Å². The van der Waals surface area contributed by atoms with E-state index in [2.05, 4.69) is 18.7 Å². The number of carbonyl (C=O) groups excluding carboxylic acids is 1. The van der Waals surface area contributed by atoms with E-state index in [0.717, 1.165) is 24.4 Å². The highest BCUT2D eigenvalue weighted by Gasteiger charge is 2.42. The first kappa shape index (κ1) is 23.8. The minimum atomic E-state index is -0.513. The summed E-state index contributed by atoms with van der Waals surface area (Å²) in [6.45, 7) is 12.1. The number of ether oxygens (including phenoxy) is 2. The molecule has 3 aromatic rings. The number of hydrogen-bond donors (Lipinski definition) is 0. The summed E-state index contributed by atoms with van der Waals surface area (Å²) >= 11 is 0. The van der Waals surface area contributed by atoms with E-state index in [-0.39, 0.29) is 17.1 Å². The van der Waals surface area contributed by atoms with Crippen molar-refractivity contribution in [3.05, 3.63) is 69.6 Å². The predicted molar refractivity (Wildman–Crippen MR) is 132 cm³/mol. The van der Waals surface area contributed by atoms with Gasteiger partial charge in [-0.2, -0.15) is 0 Å². The highest BCUT2D eigenvalue weighted by Crippen LogP contribution is 2.38. The molecule has 1 unspecified atom stereocenters. The molecule has 1 aliphatic rings. The molecule has 1 atom stereocenters. The number of benzene rings is 2. The van der Waals surface area contributed by atoms with Gasteiger partial charge in [-0.3, -0.25) is 9.59 Å². The van der Waals surface area contributed by atoms with Gasteiger partial charge < -0.3 is 23.7 Å². The van der Waals surface area contributed by atoms with E-state index in [1.54, 1.807) is 23.1 Å². The first-order chi connectivity index (χ1) is 16.5. The molecule has 0 fully saturated rings. The Morgan fingerprint density at radius 1 is 0.912 bits per heavy atom. The summed E-state index contributed by atoms with van der Waals surface area (Å²) in [5, 5.41) is 0.441. The van der Waals surface area contributed by atoms with E-state index in [0.29, 0.717) is 48.6 Å². The zero-order valence-electron chi connectivity index (χ0n) is 20.3. The van der Waals surface area contributed by atoms with Crippen molar-refractivity contribution in [3.8, 4) is 11.5 Å². The number of fused-ring (bicyclic) bond motifs is 2. The molecule has 7 nitrogen and oxygen atoms in total. The number of nitrogens with zero attached hydrogens (tertiary/aromatic N) is 2. The van der Waals surface area contributed by atoms with Crippen molar-refractivity contribution >= 4 is 16.9 Å². The zero-order valence-corrected chi connectivity index (χ0v) is 20.3. The minimum Gasteiger partial charge on any atom is -0.494 e. The largest absolute Gasteiger partial charge is 0.494 e. The molecule has 34 heavy (non-hydrogen) atoms. The lowest BCUT2D eigenvalue weighted by Gasteiger charge is -2.28. The van der Waals surface area contributed by atoms with Crippen molar-refractivity contribution in [2.45, 2.75) is 33.7 Å². The van der Waals surface area contributed by atoms with E-state index in [4.69, 9.17) is 13.9 Å². The number of carbonyl (C=O) groups is 1. The molecule has 0 bridgehead atoms. The molecule has 0 spiro atoms. The summed E-state index contributed by atoms with van der Waals surface area (Å²) in [6.07, 6.45) is 0. The Hall–Kier alpha value is -3.32. The molecule has 0 N–H and O–H groups in total. The maximum Gasteiger partial charge on any atom is 0.290 e. The molecule has 0 saturated carbocycles. The van der Waals surface area contributed by atoms with Crippen molar-refractivity contribution in [1.82, 2.24) is 9.80 Å². The highest BCUT2D eigenvalue weighted by molar-refractivity contribution is 5.99. The predicted octanol–water partition coefficient (Wildman–Crippen LogP) is 4.48. The van der Waals surface area contributed by atoms with E-state index < -0.39 is 6.04 Å². The lowest BCUT2D eigenvalue weighted by Crippen LogP contribution is -2.37. The van der Waals surface area contributed by atoms with Crippen LogP contribution < -0.4 is 14.9 Å². The minimum absolute atomic E-state index is 0.115. The summed E-state index contributed by atoms with van der Waals surface area (Å²) in [4.78, 5) is 31.2. The van der Waals surface area contributed by atoms with Crippen LogP contribution in [0.3, 0.4) is 0 Å². The Morgan fingerprint density at radius 3 is 2.21 bits per heavy atom. The quantitative estimate of drug-likeness (QED) is 0.441. The van der Waals surface area contributed by atoms with Gasteiger partial charge in [0.05, 0.1) is 30.2 Å². The SMILES string of the molecule is CCOc1ccc(C2c3c(oc4cc(OCC)ccc4c3=O)C(=O)N2CCN(CC)CC)cc1. The molecule has 0 aliphatic carbocycles. The Labute approximate surface area is 199 Å². The van der Waals surface area contributed by atoms with Crippen LogP contribution >= 0.6 is 0 Å². The van der Waals surface area contributed by atoms with Crippen LogP contribution in [-0.2, 0) is 0 Å². The molecule has 1 amide bonds. The molecule has 180 valence electrons. The Balaban J connectivity index is 1.82. The monoisotopic (exact) mass is 464 g/mol. The summed E-state index contributed by atoms with van der Waals surface area (Å²) in [7, 11) is 0. The van der Waals surface area contributed by atoms with Crippen molar-refractivity contribution in [2.24, 2.45) is 0 Å². The smallest absolute Gasteiger partial charge is 0.290 e. The van der Waals surface area contributed by atoms with Crippen LogP contribution in [0.1, 0.15) is 55.4 Å². The second-order valence-electron chi connectivity index (χ2n) is 8.19. The fraction of sp³-hybridized carbons (Fsp3) is 0.407. The number of amides is 1. The van der Waals surface area contributed by atoms with Crippen LogP contribution in [0.5, 0.6) is 11.5 Å². The zero-order chi connectivity index (χ0) is 24.2. The van der Waals surface area contributed by atoms with Crippen LogP contribution in [0.15, 0.2) is 51.7 Å². The molecule has 4 rings (SSSR count). The van der Waals surface area contributed by atoms with Gasteiger partial charge in [0.2, 0.25) is 5.76 Å². The summed E-state index contributed by atoms with van der Waals surface area (Å²) in [5.74, 6) is 1.20. The van der Waals surface area contributed by atoms with Crippen molar-refractivity contribution in [2.75, 3.05) is 39.4 Å². The third-order valence-corrected chi connectivity index (χ3v) is 6.31. The third kappa shape index (κ3) is 4.40. The maximum atomic E-state index is 13.7. The average molecular weight is 465 g/mol. The highest BCUT2D eigenvalue weighted by atomic mass is 16.5. The van der Waals surface area contributed by atoms with Gasteiger partial charge in [-0.05, 0) is 56.8 Å². The molecule has 2 heterocycles. The fourth-order valence-electron chi connectivity index (χ4n) is 4.53. The Bertz CT molecular complexity index is 1210. The molecular weight excluding hydrogens is 432 g/mol. The summed E-state index contributed by atoms with van der Waals surface area (Å²) in [6, 6.07) is 12.2. The van der Waals surface area contributed by atoms with Crippen LogP contribution in [0.25, 0.3) is 11.0 Å². The van der Waals surface area contributed by atoms with Crippen LogP contribution in [0, 0.1) is 0 Å². The summed E-state index contributed by atoms with van der Waals surface area (Å²) < 4.78 is 17.2. The first-order valence-electron chi connectivity index (χ1n) is 12.0. The van der Waals surface area contributed by atoms with E-state index >= 15 is 0 Å². The Morgan fingerprint density at radius 2 is 1.56 bits per heavy atom. The topological polar surface area (TPSA) is 72.2 Å². The Kier molecular flexibility index (Phi) is 7.22. The second-order valence-corrected chi connectivity index (χ2v) is 8.19. The molecule has 2 aromatic carbocycles. The van der Waals surface area contributed by atoms with Crippen molar-refractivity contribution in [3.63, 3.8) is 0 Å².